The van der Waals surface area contributed by atoms with E-state index in [1.807, 2.05) is 62.4 Å². The molecule has 5 rings (SSSR count). The lowest BCUT2D eigenvalue weighted by molar-refractivity contribution is -0.113. The van der Waals surface area contributed by atoms with Crippen LogP contribution in [0.1, 0.15) is 46.3 Å². The summed E-state index contributed by atoms with van der Waals surface area (Å²) >= 11 is 0. The third-order valence-electron chi connectivity index (χ3n) is 6.86. The number of benzene rings is 3. The first kappa shape index (κ1) is 24.3. The molecule has 1 unspecified atom stereocenters. The molecule has 3 aromatic carbocycles. The maximum atomic E-state index is 13.5. The maximum absolute atomic E-state index is 13.5. The largest absolute Gasteiger partial charge is 0.489 e. The zero-order valence-electron chi connectivity index (χ0n) is 21.8. The van der Waals surface area contributed by atoms with Gasteiger partial charge < -0.3 is 15.4 Å². The van der Waals surface area contributed by atoms with Crippen molar-refractivity contribution in [3.05, 3.63) is 112 Å². The minimum absolute atomic E-state index is 0.188. The summed E-state index contributed by atoms with van der Waals surface area (Å²) in [6, 6.07) is 19.6. The summed E-state index contributed by atoms with van der Waals surface area (Å²) in [6.45, 7) is 10.7. The van der Waals surface area contributed by atoms with E-state index in [0.29, 0.717) is 18.1 Å². The summed E-state index contributed by atoms with van der Waals surface area (Å²) in [4.78, 5) is 17.8. The highest BCUT2D eigenvalue weighted by Gasteiger charge is 2.33. The Morgan fingerprint density at radius 3 is 2.49 bits per heavy atom. The van der Waals surface area contributed by atoms with Crippen LogP contribution in [0.5, 0.6) is 5.75 Å². The van der Waals surface area contributed by atoms with Gasteiger partial charge in [-0.15, -0.1) is 0 Å². The number of nitrogens with zero attached hydrogens (tertiary/aromatic N) is 3. The predicted molar refractivity (Wildman–Crippen MR) is 146 cm³/mol. The van der Waals surface area contributed by atoms with Gasteiger partial charge in [-0.3, -0.25) is 4.79 Å². The van der Waals surface area contributed by atoms with Crippen LogP contribution < -0.4 is 15.4 Å². The van der Waals surface area contributed by atoms with E-state index in [1.165, 1.54) is 28.6 Å². The molecule has 0 bridgehead atoms. The second-order valence-electron chi connectivity index (χ2n) is 9.64. The normalized spacial score (nSPS) is 14.7. The maximum Gasteiger partial charge on any atom is 0.255 e. The molecular weight excluding hydrogens is 462 g/mol. The van der Waals surface area contributed by atoms with E-state index >= 15 is 0 Å². The number of aryl methyl sites for hydroxylation is 4. The molecule has 0 saturated carbocycles. The molecule has 0 spiro atoms. The number of hydrogen-bond acceptors (Lipinski definition) is 5. The van der Waals surface area contributed by atoms with Gasteiger partial charge >= 0.3 is 0 Å². The van der Waals surface area contributed by atoms with Gasteiger partial charge in [0.25, 0.3) is 5.91 Å². The Kier molecular flexibility index (Phi) is 6.53. The van der Waals surface area contributed by atoms with E-state index in [4.69, 9.17) is 4.74 Å². The highest BCUT2D eigenvalue weighted by Crippen LogP contribution is 2.36. The summed E-state index contributed by atoms with van der Waals surface area (Å²) in [5.74, 6) is 1.17. The number of allylic oxidation sites excluding steroid dienone is 1. The van der Waals surface area contributed by atoms with Gasteiger partial charge in [-0.2, -0.15) is 10.1 Å². The Bertz CT molecular complexity index is 1500. The minimum Gasteiger partial charge on any atom is -0.489 e. The fraction of sp³-hybridized carbons (Fsp3) is 0.233. The van der Waals surface area contributed by atoms with Gasteiger partial charge in [0, 0.05) is 11.4 Å². The Labute approximate surface area is 217 Å². The Hall–Kier alpha value is -4.39. The molecule has 0 aliphatic carbocycles. The summed E-state index contributed by atoms with van der Waals surface area (Å²) in [5.41, 5.74) is 8.99. The molecule has 1 amide bonds. The fourth-order valence-corrected chi connectivity index (χ4v) is 4.70. The second-order valence-corrected chi connectivity index (χ2v) is 9.64. The van der Waals surface area contributed by atoms with Crippen molar-refractivity contribution >= 4 is 17.5 Å². The topological polar surface area (TPSA) is 81.1 Å². The summed E-state index contributed by atoms with van der Waals surface area (Å²) < 4.78 is 7.85. The molecule has 4 aromatic rings. The number of nitrogens with one attached hydrogen (secondary N) is 2. The Morgan fingerprint density at radius 1 is 0.973 bits per heavy atom. The molecule has 0 saturated heterocycles. The summed E-state index contributed by atoms with van der Waals surface area (Å²) in [5, 5.41) is 10.7. The zero-order valence-corrected chi connectivity index (χ0v) is 21.8. The molecule has 1 aliphatic rings. The quantitative estimate of drug-likeness (QED) is 0.343. The lowest BCUT2D eigenvalue weighted by Crippen LogP contribution is -2.31. The minimum atomic E-state index is -0.431. The third kappa shape index (κ3) is 4.98. The monoisotopic (exact) mass is 493 g/mol. The molecule has 37 heavy (non-hydrogen) atoms. The molecule has 0 radical (unpaired) electrons. The molecule has 1 aliphatic heterocycles. The highest BCUT2D eigenvalue weighted by atomic mass is 16.5. The molecule has 2 N–H and O–H groups in total. The van der Waals surface area contributed by atoms with E-state index in [1.54, 1.807) is 4.68 Å². The SMILES string of the molecule is CC1=C(C(=O)Nc2cccc(C)c2)C(c2ccc(OCc3cc(C)c(C)cc3C)cc2)n2ncnc2N1. The van der Waals surface area contributed by atoms with Crippen LogP contribution in [-0.2, 0) is 11.4 Å². The average molecular weight is 494 g/mol. The van der Waals surface area contributed by atoms with Crippen molar-refractivity contribution in [1.82, 2.24) is 14.8 Å². The van der Waals surface area contributed by atoms with Crippen LogP contribution in [0, 0.1) is 27.7 Å². The second kappa shape index (κ2) is 9.93. The lowest BCUT2D eigenvalue weighted by atomic mass is 9.95. The molecule has 188 valence electrons. The van der Waals surface area contributed by atoms with Crippen molar-refractivity contribution in [2.75, 3.05) is 10.6 Å². The van der Waals surface area contributed by atoms with E-state index in [2.05, 4.69) is 53.6 Å². The molecule has 2 heterocycles. The average Bonchev–Trinajstić information content (AvgIpc) is 3.33. The Balaban J connectivity index is 1.40. The number of hydrogen-bond donors (Lipinski definition) is 2. The number of ether oxygens (including phenoxy) is 1. The number of amides is 1. The predicted octanol–water partition coefficient (Wildman–Crippen LogP) is 6.02. The molecule has 1 atom stereocenters. The molecule has 0 fully saturated rings. The van der Waals surface area contributed by atoms with E-state index in [9.17, 15) is 4.79 Å². The van der Waals surface area contributed by atoms with Gasteiger partial charge in [0.1, 0.15) is 24.7 Å². The van der Waals surface area contributed by atoms with Crippen LogP contribution in [0.15, 0.2) is 78.3 Å². The lowest BCUT2D eigenvalue weighted by Gasteiger charge is -2.29. The number of fused-ring (bicyclic) bond motifs is 1. The first-order chi connectivity index (χ1) is 17.8. The smallest absolute Gasteiger partial charge is 0.255 e. The van der Waals surface area contributed by atoms with Gasteiger partial charge in [0.2, 0.25) is 5.95 Å². The van der Waals surface area contributed by atoms with Crippen molar-refractivity contribution in [1.29, 1.82) is 0 Å². The number of anilines is 2. The fourth-order valence-electron chi connectivity index (χ4n) is 4.70. The number of rotatable bonds is 6. The van der Waals surface area contributed by atoms with Crippen LogP contribution in [0.4, 0.5) is 11.6 Å². The van der Waals surface area contributed by atoms with Crippen molar-refractivity contribution in [3.63, 3.8) is 0 Å². The zero-order chi connectivity index (χ0) is 26.1. The first-order valence-electron chi connectivity index (χ1n) is 12.3. The summed E-state index contributed by atoms with van der Waals surface area (Å²) in [7, 11) is 0. The van der Waals surface area contributed by atoms with Gasteiger partial charge in [0.05, 0.1) is 5.57 Å². The van der Waals surface area contributed by atoms with Gasteiger partial charge in [-0.25, -0.2) is 4.68 Å². The van der Waals surface area contributed by atoms with Gasteiger partial charge in [-0.1, -0.05) is 36.4 Å². The molecular formula is C30H31N5O2. The Morgan fingerprint density at radius 2 is 1.73 bits per heavy atom. The number of carbonyl (C=O) groups excluding carboxylic acids is 1. The van der Waals surface area contributed by atoms with Crippen LogP contribution in [0.2, 0.25) is 0 Å². The van der Waals surface area contributed by atoms with E-state index < -0.39 is 6.04 Å². The molecule has 1 aromatic heterocycles. The van der Waals surface area contributed by atoms with E-state index in [-0.39, 0.29) is 5.91 Å². The van der Waals surface area contributed by atoms with Crippen molar-refractivity contribution < 1.29 is 9.53 Å². The van der Waals surface area contributed by atoms with Crippen molar-refractivity contribution in [2.24, 2.45) is 0 Å². The van der Waals surface area contributed by atoms with Gasteiger partial charge in [0.15, 0.2) is 0 Å². The first-order valence-corrected chi connectivity index (χ1v) is 12.3. The number of carbonyl (C=O) groups is 1. The van der Waals surface area contributed by atoms with Crippen molar-refractivity contribution in [2.45, 2.75) is 47.3 Å². The van der Waals surface area contributed by atoms with Crippen LogP contribution >= 0.6 is 0 Å². The van der Waals surface area contributed by atoms with E-state index in [0.717, 1.165) is 28.3 Å². The summed E-state index contributed by atoms with van der Waals surface area (Å²) in [6.07, 6.45) is 1.49. The van der Waals surface area contributed by atoms with Crippen LogP contribution in [0.3, 0.4) is 0 Å². The molecule has 7 nitrogen and oxygen atoms in total. The van der Waals surface area contributed by atoms with Crippen molar-refractivity contribution in [3.8, 4) is 5.75 Å². The number of aromatic nitrogens is 3. The van der Waals surface area contributed by atoms with Gasteiger partial charge in [-0.05, 0) is 92.3 Å². The third-order valence-corrected chi connectivity index (χ3v) is 6.86. The standard InChI is InChI=1S/C30H31N5O2/c1-18-7-6-8-25(13-18)34-29(36)27-22(5)33-30-31-17-32-35(30)28(27)23-9-11-26(12-10-23)37-16-24-15-20(3)19(2)14-21(24)4/h6-15,17,28H,16H2,1-5H3,(H,34,36)(H,31,32,33). The molecule has 7 heteroatoms. The highest BCUT2D eigenvalue weighted by molar-refractivity contribution is 6.06. The van der Waals surface area contributed by atoms with Crippen LogP contribution in [0.25, 0.3) is 0 Å². The van der Waals surface area contributed by atoms with Crippen LogP contribution in [-0.4, -0.2) is 20.7 Å².